The number of benzene rings is 1. The Labute approximate surface area is 119 Å². The number of nitrogens with zero attached hydrogens (tertiary/aromatic N) is 2. The minimum absolute atomic E-state index is 0. The molecule has 104 valence electrons. The van der Waals surface area contributed by atoms with Gasteiger partial charge in [-0.05, 0) is 42.4 Å². The molecule has 0 unspecified atom stereocenters. The maximum atomic E-state index is 5.53. The van der Waals surface area contributed by atoms with E-state index in [2.05, 4.69) is 28.2 Å². The fourth-order valence-electron chi connectivity index (χ4n) is 2.25. The van der Waals surface area contributed by atoms with Crippen molar-refractivity contribution in [3.63, 3.8) is 0 Å². The number of fused-ring (bicyclic) bond motifs is 1. The SMILES string of the molecule is Cl.NC(N)=NC(N)=NCCc1ccc2c(c1)CCC2. The summed E-state index contributed by atoms with van der Waals surface area (Å²) in [7, 11) is 0. The van der Waals surface area contributed by atoms with Crippen molar-refractivity contribution < 1.29 is 0 Å². The number of nitrogens with two attached hydrogens (primary N) is 3. The van der Waals surface area contributed by atoms with Gasteiger partial charge in [-0.25, -0.2) is 0 Å². The first kappa shape index (κ1) is 15.3. The Bertz CT molecular complexity index is 492. The summed E-state index contributed by atoms with van der Waals surface area (Å²) in [6, 6.07) is 6.66. The van der Waals surface area contributed by atoms with Gasteiger partial charge >= 0.3 is 0 Å². The Morgan fingerprint density at radius 1 is 1.11 bits per heavy atom. The first-order valence-electron chi connectivity index (χ1n) is 6.15. The van der Waals surface area contributed by atoms with Gasteiger partial charge < -0.3 is 17.2 Å². The van der Waals surface area contributed by atoms with E-state index in [1.54, 1.807) is 0 Å². The molecule has 0 amide bonds. The Morgan fingerprint density at radius 3 is 2.58 bits per heavy atom. The summed E-state index contributed by atoms with van der Waals surface area (Å²) in [6.45, 7) is 0.599. The molecule has 0 radical (unpaired) electrons. The molecule has 1 aromatic rings. The Morgan fingerprint density at radius 2 is 1.84 bits per heavy atom. The van der Waals surface area contributed by atoms with E-state index in [4.69, 9.17) is 17.2 Å². The zero-order valence-corrected chi connectivity index (χ0v) is 11.6. The molecule has 1 aliphatic rings. The molecule has 0 saturated heterocycles. The molecule has 0 bridgehead atoms. The summed E-state index contributed by atoms with van der Waals surface area (Å²) in [6.07, 6.45) is 4.54. The van der Waals surface area contributed by atoms with Gasteiger partial charge in [-0.15, -0.1) is 12.4 Å². The van der Waals surface area contributed by atoms with Crippen LogP contribution in [0.2, 0.25) is 0 Å². The molecule has 0 spiro atoms. The lowest BCUT2D eigenvalue weighted by Gasteiger charge is -2.03. The summed E-state index contributed by atoms with van der Waals surface area (Å²) in [5.74, 6) is 0.0740. The van der Waals surface area contributed by atoms with Crippen molar-refractivity contribution in [3.05, 3.63) is 34.9 Å². The van der Waals surface area contributed by atoms with Crippen molar-refractivity contribution in [2.75, 3.05) is 6.54 Å². The van der Waals surface area contributed by atoms with Crippen LogP contribution in [-0.4, -0.2) is 18.5 Å². The van der Waals surface area contributed by atoms with E-state index in [9.17, 15) is 0 Å². The third-order valence-corrected chi connectivity index (χ3v) is 3.08. The summed E-state index contributed by atoms with van der Waals surface area (Å²) in [5, 5.41) is 0. The second-order valence-corrected chi connectivity index (χ2v) is 4.48. The molecule has 6 heteroatoms. The highest BCUT2D eigenvalue weighted by Crippen LogP contribution is 2.22. The average molecular weight is 282 g/mol. The highest BCUT2D eigenvalue weighted by molar-refractivity contribution is 5.92. The fraction of sp³-hybridized carbons (Fsp3) is 0.385. The van der Waals surface area contributed by atoms with Gasteiger partial charge in [0.2, 0.25) is 5.96 Å². The van der Waals surface area contributed by atoms with Crippen molar-refractivity contribution in [1.29, 1.82) is 0 Å². The first-order valence-corrected chi connectivity index (χ1v) is 6.15. The minimum Gasteiger partial charge on any atom is -0.370 e. The lowest BCUT2D eigenvalue weighted by molar-refractivity contribution is 0.910. The fourth-order valence-corrected chi connectivity index (χ4v) is 2.25. The predicted octanol–water partition coefficient (Wildman–Crippen LogP) is 0.728. The zero-order valence-electron chi connectivity index (χ0n) is 10.8. The quantitative estimate of drug-likeness (QED) is 0.562. The van der Waals surface area contributed by atoms with Crippen LogP contribution in [-0.2, 0) is 19.3 Å². The minimum atomic E-state index is -0.0613. The summed E-state index contributed by atoms with van der Waals surface area (Å²) >= 11 is 0. The Hall–Kier alpha value is -1.75. The Kier molecular flexibility index (Phi) is 5.63. The van der Waals surface area contributed by atoms with Crippen molar-refractivity contribution in [3.8, 4) is 0 Å². The average Bonchev–Trinajstić information content (AvgIpc) is 2.75. The van der Waals surface area contributed by atoms with Crippen LogP contribution >= 0.6 is 12.4 Å². The van der Waals surface area contributed by atoms with Crippen LogP contribution in [0.4, 0.5) is 0 Å². The third-order valence-electron chi connectivity index (χ3n) is 3.08. The van der Waals surface area contributed by atoms with Gasteiger partial charge in [0.25, 0.3) is 0 Å². The maximum Gasteiger partial charge on any atom is 0.218 e. The molecule has 0 heterocycles. The lowest BCUT2D eigenvalue weighted by Crippen LogP contribution is -2.26. The number of halogens is 1. The van der Waals surface area contributed by atoms with E-state index in [0.717, 1.165) is 6.42 Å². The normalized spacial score (nSPS) is 13.6. The van der Waals surface area contributed by atoms with Gasteiger partial charge in [-0.1, -0.05) is 18.2 Å². The van der Waals surface area contributed by atoms with Crippen LogP contribution in [0, 0.1) is 0 Å². The molecule has 2 rings (SSSR count). The highest BCUT2D eigenvalue weighted by atomic mass is 35.5. The molecule has 6 N–H and O–H groups in total. The van der Waals surface area contributed by atoms with Crippen molar-refractivity contribution >= 4 is 24.3 Å². The molecule has 0 atom stereocenters. The van der Waals surface area contributed by atoms with Crippen LogP contribution < -0.4 is 17.2 Å². The molecule has 0 saturated carbocycles. The summed E-state index contributed by atoms with van der Waals surface area (Å²) in [5.41, 5.74) is 20.2. The van der Waals surface area contributed by atoms with Gasteiger partial charge in [-0.2, -0.15) is 4.99 Å². The number of rotatable bonds is 3. The van der Waals surface area contributed by atoms with Crippen LogP contribution in [0.15, 0.2) is 28.2 Å². The number of hydrogen-bond acceptors (Lipinski definition) is 1. The molecular formula is C13H20ClN5. The van der Waals surface area contributed by atoms with Gasteiger partial charge in [0.1, 0.15) is 0 Å². The van der Waals surface area contributed by atoms with E-state index < -0.39 is 0 Å². The predicted molar refractivity (Wildman–Crippen MR) is 81.7 cm³/mol. The second kappa shape index (κ2) is 6.99. The second-order valence-electron chi connectivity index (χ2n) is 4.48. The molecule has 1 aromatic carbocycles. The molecule has 1 aliphatic carbocycles. The van der Waals surface area contributed by atoms with Crippen molar-refractivity contribution in [2.45, 2.75) is 25.7 Å². The van der Waals surface area contributed by atoms with E-state index in [1.807, 2.05) is 0 Å². The molecule has 0 aliphatic heterocycles. The number of guanidine groups is 2. The summed E-state index contributed by atoms with van der Waals surface area (Å²) in [4.78, 5) is 7.77. The van der Waals surface area contributed by atoms with Gasteiger partial charge in [0.05, 0.1) is 0 Å². The number of hydrogen-bond donors (Lipinski definition) is 3. The van der Waals surface area contributed by atoms with E-state index in [0.29, 0.717) is 6.54 Å². The monoisotopic (exact) mass is 281 g/mol. The molecule has 0 aromatic heterocycles. The van der Waals surface area contributed by atoms with Crippen LogP contribution in [0.25, 0.3) is 0 Å². The summed E-state index contributed by atoms with van der Waals surface area (Å²) < 4.78 is 0. The topological polar surface area (TPSA) is 103 Å². The zero-order chi connectivity index (χ0) is 13.0. The number of aliphatic imine (C=N–C) groups is 2. The molecule has 5 nitrogen and oxygen atoms in total. The first-order chi connectivity index (χ1) is 8.65. The highest BCUT2D eigenvalue weighted by Gasteiger charge is 2.10. The van der Waals surface area contributed by atoms with Crippen LogP contribution in [0.5, 0.6) is 0 Å². The van der Waals surface area contributed by atoms with E-state index in [1.165, 1.54) is 36.0 Å². The van der Waals surface area contributed by atoms with Crippen LogP contribution in [0.3, 0.4) is 0 Å². The van der Waals surface area contributed by atoms with Gasteiger partial charge in [0, 0.05) is 6.54 Å². The molecule has 19 heavy (non-hydrogen) atoms. The van der Waals surface area contributed by atoms with Gasteiger partial charge in [-0.3, -0.25) is 4.99 Å². The lowest BCUT2D eigenvalue weighted by atomic mass is 10.0. The van der Waals surface area contributed by atoms with E-state index >= 15 is 0 Å². The van der Waals surface area contributed by atoms with Gasteiger partial charge in [0.15, 0.2) is 5.96 Å². The smallest absolute Gasteiger partial charge is 0.218 e. The molecule has 0 fully saturated rings. The molecular weight excluding hydrogens is 262 g/mol. The van der Waals surface area contributed by atoms with Crippen molar-refractivity contribution in [2.24, 2.45) is 27.2 Å². The van der Waals surface area contributed by atoms with Crippen molar-refractivity contribution in [1.82, 2.24) is 0 Å². The van der Waals surface area contributed by atoms with E-state index in [-0.39, 0.29) is 24.3 Å². The largest absolute Gasteiger partial charge is 0.370 e. The maximum absolute atomic E-state index is 5.53. The Balaban J connectivity index is 0.00000180. The number of aryl methyl sites for hydroxylation is 2. The third kappa shape index (κ3) is 4.44. The standard InChI is InChI=1S/C13H19N5.ClH/c14-12(15)18-13(16)17-7-6-9-4-5-10-2-1-3-11(10)8-9;/h4-5,8H,1-3,6-7H2,(H6,14,15,16,17,18);1H. The van der Waals surface area contributed by atoms with Crippen LogP contribution in [0.1, 0.15) is 23.1 Å².